The van der Waals surface area contributed by atoms with Gasteiger partial charge in [0, 0.05) is 31.8 Å². The number of benzene rings is 1. The second-order valence-electron chi connectivity index (χ2n) is 6.68. The van der Waals surface area contributed by atoms with Crippen LogP contribution in [0, 0.1) is 0 Å². The lowest BCUT2D eigenvalue weighted by atomic mass is 10.1. The van der Waals surface area contributed by atoms with Crippen molar-refractivity contribution in [2.45, 2.75) is 0 Å². The number of H-pyrrole nitrogens is 1. The van der Waals surface area contributed by atoms with Gasteiger partial charge in [-0.1, -0.05) is 30.3 Å². The van der Waals surface area contributed by atoms with Crippen LogP contribution in [-0.4, -0.2) is 34.5 Å². The minimum Gasteiger partial charge on any atom is -0.340 e. The Morgan fingerprint density at radius 1 is 0.966 bits per heavy atom. The topological polar surface area (TPSA) is 101 Å². The molecule has 1 aromatic carbocycles. The monoisotopic (exact) mass is 385 g/mol. The lowest BCUT2D eigenvalue weighted by Crippen LogP contribution is -2.03. The zero-order valence-electron chi connectivity index (χ0n) is 16.0. The van der Waals surface area contributed by atoms with E-state index in [2.05, 4.69) is 30.8 Å². The fourth-order valence-corrected chi connectivity index (χ4v) is 3.22. The Labute approximate surface area is 166 Å². The van der Waals surface area contributed by atoms with Crippen molar-refractivity contribution in [2.24, 2.45) is 14.1 Å². The molecule has 0 aliphatic rings. The normalized spacial score (nSPS) is 11.1. The fourth-order valence-electron chi connectivity index (χ4n) is 3.22. The highest BCUT2D eigenvalue weighted by molar-refractivity contribution is 5.92. The summed E-state index contributed by atoms with van der Waals surface area (Å²) >= 11 is 0. The van der Waals surface area contributed by atoms with Crippen LogP contribution in [0.15, 0.2) is 61.2 Å². The number of pyridine rings is 1. The van der Waals surface area contributed by atoms with Gasteiger partial charge in [-0.05, 0) is 0 Å². The van der Waals surface area contributed by atoms with E-state index in [1.54, 1.807) is 28.1 Å². The predicted octanol–water partition coefficient (Wildman–Crippen LogP) is 3.58. The van der Waals surface area contributed by atoms with E-state index in [0.717, 1.165) is 39.6 Å². The van der Waals surface area contributed by atoms with Crippen LogP contribution >= 0.6 is 0 Å². The van der Waals surface area contributed by atoms with Crippen molar-refractivity contribution in [3.8, 4) is 11.3 Å². The highest BCUT2D eigenvalue weighted by Gasteiger charge is 2.13. The van der Waals surface area contributed by atoms with E-state index in [9.17, 15) is 0 Å². The Bertz CT molecular complexity index is 1270. The number of hydrogen-bond acceptors (Lipinski definition) is 6. The van der Waals surface area contributed by atoms with Gasteiger partial charge in [0.2, 0.25) is 0 Å². The summed E-state index contributed by atoms with van der Waals surface area (Å²) in [6.07, 6.45) is 5.15. The van der Waals surface area contributed by atoms with Crippen LogP contribution in [0.2, 0.25) is 0 Å². The second-order valence-corrected chi connectivity index (χ2v) is 6.68. The summed E-state index contributed by atoms with van der Waals surface area (Å²) < 4.78 is 3.55. The zero-order chi connectivity index (χ0) is 19.8. The number of hydrogen-bond donors (Lipinski definition) is 3. The van der Waals surface area contributed by atoms with Crippen molar-refractivity contribution in [1.29, 1.82) is 0 Å². The Kier molecular flexibility index (Phi) is 3.98. The summed E-state index contributed by atoms with van der Waals surface area (Å²) in [6.45, 7) is 0. The molecular weight excluding hydrogens is 366 g/mol. The number of nitrogens with zero attached hydrogens (tertiary/aromatic N) is 6. The van der Waals surface area contributed by atoms with Gasteiger partial charge >= 0.3 is 0 Å². The quantitative estimate of drug-likeness (QED) is 0.427. The molecule has 0 aliphatic carbocycles. The number of anilines is 4. The first-order valence-electron chi connectivity index (χ1n) is 9.12. The SMILES string of the molecule is Cn1nc(-c2ccccc2)cc1Nc1cc(Nc2cnc[nH]2)c2cnn(C)c2n1. The van der Waals surface area contributed by atoms with Crippen molar-refractivity contribution in [3.05, 3.63) is 61.2 Å². The zero-order valence-corrected chi connectivity index (χ0v) is 16.0. The maximum absolute atomic E-state index is 4.73. The average Bonchev–Trinajstić information content (AvgIpc) is 3.45. The molecule has 0 fully saturated rings. The third-order valence-electron chi connectivity index (χ3n) is 4.68. The molecule has 0 bridgehead atoms. The number of fused-ring (bicyclic) bond motifs is 1. The molecule has 0 amide bonds. The molecule has 0 saturated heterocycles. The molecule has 0 unspecified atom stereocenters. The van der Waals surface area contributed by atoms with Crippen LogP contribution < -0.4 is 10.6 Å². The molecule has 5 aromatic rings. The van der Waals surface area contributed by atoms with E-state index < -0.39 is 0 Å². The molecule has 0 saturated carbocycles. The van der Waals surface area contributed by atoms with Crippen molar-refractivity contribution in [3.63, 3.8) is 0 Å². The second kappa shape index (κ2) is 6.79. The first kappa shape index (κ1) is 17.0. The maximum atomic E-state index is 4.73. The summed E-state index contributed by atoms with van der Waals surface area (Å²) in [4.78, 5) is 11.8. The van der Waals surface area contributed by atoms with Gasteiger partial charge in [0.25, 0.3) is 0 Å². The van der Waals surface area contributed by atoms with E-state index in [-0.39, 0.29) is 0 Å². The molecule has 5 rings (SSSR count). The molecule has 144 valence electrons. The van der Waals surface area contributed by atoms with Gasteiger partial charge in [-0.3, -0.25) is 9.36 Å². The molecule has 3 N–H and O–H groups in total. The van der Waals surface area contributed by atoms with Crippen LogP contribution in [0.3, 0.4) is 0 Å². The van der Waals surface area contributed by atoms with Crippen LogP contribution in [0.4, 0.5) is 23.1 Å². The van der Waals surface area contributed by atoms with Gasteiger partial charge < -0.3 is 15.6 Å². The van der Waals surface area contributed by atoms with Crippen LogP contribution in [0.5, 0.6) is 0 Å². The van der Waals surface area contributed by atoms with E-state index >= 15 is 0 Å². The van der Waals surface area contributed by atoms with Crippen molar-refractivity contribution < 1.29 is 0 Å². The highest BCUT2D eigenvalue weighted by atomic mass is 15.3. The molecule has 0 aliphatic heterocycles. The first-order valence-corrected chi connectivity index (χ1v) is 9.12. The molecular formula is C20H19N9. The first-order chi connectivity index (χ1) is 14.2. The fraction of sp³-hybridized carbons (Fsp3) is 0.100. The molecule has 0 atom stereocenters. The summed E-state index contributed by atoms with van der Waals surface area (Å²) in [5, 5.41) is 16.6. The summed E-state index contributed by atoms with van der Waals surface area (Å²) in [5.41, 5.74) is 3.60. The van der Waals surface area contributed by atoms with Gasteiger partial charge in [0.1, 0.15) is 17.5 Å². The van der Waals surface area contributed by atoms with E-state index in [0.29, 0.717) is 5.82 Å². The summed E-state index contributed by atoms with van der Waals surface area (Å²) in [5.74, 6) is 2.32. The Morgan fingerprint density at radius 2 is 1.83 bits per heavy atom. The Balaban J connectivity index is 1.52. The average molecular weight is 385 g/mol. The van der Waals surface area contributed by atoms with Gasteiger partial charge in [-0.15, -0.1) is 0 Å². The van der Waals surface area contributed by atoms with E-state index in [4.69, 9.17) is 4.98 Å². The summed E-state index contributed by atoms with van der Waals surface area (Å²) in [7, 11) is 3.78. The minimum atomic E-state index is 0.686. The van der Waals surface area contributed by atoms with E-state index in [1.807, 2.05) is 56.6 Å². The van der Waals surface area contributed by atoms with Gasteiger partial charge in [0.15, 0.2) is 5.65 Å². The van der Waals surface area contributed by atoms with Gasteiger partial charge in [-0.25, -0.2) is 9.97 Å². The number of aryl methyl sites for hydroxylation is 2. The molecule has 9 heteroatoms. The summed E-state index contributed by atoms with van der Waals surface area (Å²) in [6, 6.07) is 14.0. The number of imidazole rings is 1. The van der Waals surface area contributed by atoms with Gasteiger partial charge in [0.05, 0.1) is 35.5 Å². The highest BCUT2D eigenvalue weighted by Crippen LogP contribution is 2.29. The van der Waals surface area contributed by atoms with Crippen molar-refractivity contribution in [2.75, 3.05) is 10.6 Å². The van der Waals surface area contributed by atoms with E-state index in [1.165, 1.54) is 0 Å². The third-order valence-corrected chi connectivity index (χ3v) is 4.68. The molecule has 0 spiro atoms. The Hall–Kier alpha value is -4.14. The lowest BCUT2D eigenvalue weighted by Gasteiger charge is -2.10. The molecule has 9 nitrogen and oxygen atoms in total. The molecule has 4 heterocycles. The largest absolute Gasteiger partial charge is 0.340 e. The molecule has 0 radical (unpaired) electrons. The lowest BCUT2D eigenvalue weighted by molar-refractivity contribution is 0.777. The van der Waals surface area contributed by atoms with Crippen LogP contribution in [0.25, 0.3) is 22.3 Å². The minimum absolute atomic E-state index is 0.686. The number of aromatic amines is 1. The number of rotatable bonds is 5. The predicted molar refractivity (Wildman–Crippen MR) is 112 cm³/mol. The number of nitrogens with one attached hydrogen (secondary N) is 3. The van der Waals surface area contributed by atoms with Crippen LogP contribution in [0.1, 0.15) is 0 Å². The van der Waals surface area contributed by atoms with Crippen LogP contribution in [-0.2, 0) is 14.1 Å². The smallest absolute Gasteiger partial charge is 0.162 e. The van der Waals surface area contributed by atoms with Gasteiger partial charge in [-0.2, -0.15) is 10.2 Å². The Morgan fingerprint density at radius 3 is 2.62 bits per heavy atom. The maximum Gasteiger partial charge on any atom is 0.162 e. The number of aromatic nitrogens is 7. The molecule has 4 aromatic heterocycles. The third kappa shape index (κ3) is 3.18. The van der Waals surface area contributed by atoms with Crippen molar-refractivity contribution in [1.82, 2.24) is 34.5 Å². The van der Waals surface area contributed by atoms with Crippen molar-refractivity contribution >= 4 is 34.2 Å². The standard InChI is InChI=1S/C20H19N9/c1-28-19(9-15(27-28)13-6-4-3-5-7-13)25-17-8-16(24-18-11-21-12-22-18)14-10-23-29(2)20(14)26-17/h3-12H,1-2H3,(H,21,22)(H2,24,25,26). The molecule has 29 heavy (non-hydrogen) atoms.